The fourth-order valence-electron chi connectivity index (χ4n) is 1.07. The van der Waals surface area contributed by atoms with Crippen LogP contribution in [0.2, 0.25) is 0 Å². The van der Waals surface area contributed by atoms with Gasteiger partial charge in [-0.3, -0.25) is 4.79 Å². The molecular weight excluding hydrogens is 188 g/mol. The molecular formula is C10H11ClO2. The van der Waals surface area contributed by atoms with Crippen molar-refractivity contribution >= 4 is 17.9 Å². The fraction of sp³-hybridized carbons (Fsp3) is 0.300. The van der Waals surface area contributed by atoms with Crippen molar-refractivity contribution in [1.82, 2.24) is 0 Å². The molecule has 0 atom stereocenters. The molecule has 70 valence electrons. The van der Waals surface area contributed by atoms with Gasteiger partial charge >= 0.3 is 0 Å². The Bertz CT molecular complexity index is 297. The first-order chi connectivity index (χ1) is 6.31. The minimum Gasteiger partial charge on any atom is -0.494 e. The molecule has 1 aromatic rings. The van der Waals surface area contributed by atoms with Crippen LogP contribution in [0, 0.1) is 0 Å². The fourth-order valence-corrected chi connectivity index (χ4v) is 1.28. The molecule has 1 aromatic carbocycles. The molecule has 0 amide bonds. The normalized spacial score (nSPS) is 9.69. The van der Waals surface area contributed by atoms with Crippen LogP contribution in [0.4, 0.5) is 0 Å². The van der Waals surface area contributed by atoms with E-state index >= 15 is 0 Å². The Morgan fingerprint density at radius 1 is 1.54 bits per heavy atom. The van der Waals surface area contributed by atoms with Crippen molar-refractivity contribution in [1.29, 1.82) is 0 Å². The molecule has 0 radical (unpaired) electrons. The summed E-state index contributed by atoms with van der Waals surface area (Å²) in [5, 5.41) is 0. The molecule has 0 aliphatic heterocycles. The van der Waals surface area contributed by atoms with Gasteiger partial charge in [0.2, 0.25) is 0 Å². The first-order valence-electron chi connectivity index (χ1n) is 4.08. The monoisotopic (exact) mass is 198 g/mol. The van der Waals surface area contributed by atoms with Crippen molar-refractivity contribution in [3.8, 4) is 5.75 Å². The van der Waals surface area contributed by atoms with Crippen molar-refractivity contribution in [3.63, 3.8) is 0 Å². The van der Waals surface area contributed by atoms with Gasteiger partial charge in [0.1, 0.15) is 12.0 Å². The van der Waals surface area contributed by atoms with E-state index in [0.29, 0.717) is 18.1 Å². The number of carbonyl (C=O) groups excluding carboxylic acids is 1. The maximum Gasteiger partial charge on any atom is 0.150 e. The van der Waals surface area contributed by atoms with Crippen LogP contribution in [0.5, 0.6) is 5.75 Å². The van der Waals surface area contributed by atoms with Crippen molar-refractivity contribution in [2.75, 3.05) is 6.61 Å². The van der Waals surface area contributed by atoms with Gasteiger partial charge in [0.25, 0.3) is 0 Å². The van der Waals surface area contributed by atoms with Crippen LogP contribution in [0.3, 0.4) is 0 Å². The van der Waals surface area contributed by atoms with Gasteiger partial charge in [-0.2, -0.15) is 0 Å². The molecule has 0 aromatic heterocycles. The minimum absolute atomic E-state index is 0.358. The molecule has 0 fully saturated rings. The second-order valence-corrected chi connectivity index (χ2v) is 2.82. The highest BCUT2D eigenvalue weighted by atomic mass is 35.5. The van der Waals surface area contributed by atoms with Gasteiger partial charge in [0.15, 0.2) is 0 Å². The second kappa shape index (κ2) is 4.87. The summed E-state index contributed by atoms with van der Waals surface area (Å²) in [6.45, 7) is 2.51. The Hall–Kier alpha value is -1.02. The summed E-state index contributed by atoms with van der Waals surface area (Å²) in [7, 11) is 0. The van der Waals surface area contributed by atoms with Gasteiger partial charge in [-0.15, -0.1) is 11.6 Å². The van der Waals surface area contributed by atoms with E-state index in [9.17, 15) is 4.79 Å². The molecule has 2 nitrogen and oxygen atoms in total. The first kappa shape index (κ1) is 10.1. The van der Waals surface area contributed by atoms with Crippen molar-refractivity contribution in [2.24, 2.45) is 0 Å². The van der Waals surface area contributed by atoms with E-state index in [1.165, 1.54) is 0 Å². The summed E-state index contributed by atoms with van der Waals surface area (Å²) in [6.07, 6.45) is 0.797. The predicted molar refractivity (Wildman–Crippen MR) is 52.6 cm³/mol. The van der Waals surface area contributed by atoms with Gasteiger partial charge in [0, 0.05) is 11.1 Å². The minimum atomic E-state index is 0.358. The van der Waals surface area contributed by atoms with Crippen LogP contribution in [0.25, 0.3) is 0 Å². The highest BCUT2D eigenvalue weighted by Gasteiger charge is 2.02. The highest BCUT2D eigenvalue weighted by Crippen LogP contribution is 2.21. The number of halogens is 1. The van der Waals surface area contributed by atoms with E-state index in [-0.39, 0.29) is 0 Å². The van der Waals surface area contributed by atoms with Crippen LogP contribution >= 0.6 is 11.6 Å². The number of carbonyl (C=O) groups is 1. The van der Waals surface area contributed by atoms with E-state index in [0.717, 1.165) is 17.6 Å². The Morgan fingerprint density at radius 2 is 2.31 bits per heavy atom. The topological polar surface area (TPSA) is 26.3 Å². The zero-order valence-electron chi connectivity index (χ0n) is 7.42. The standard InChI is InChI=1S/C10H11ClO2/c1-2-13-10-4-3-8(7-12)5-9(10)6-11/h3-5,7H,2,6H2,1H3. The first-order valence-corrected chi connectivity index (χ1v) is 4.62. The molecule has 0 heterocycles. The van der Waals surface area contributed by atoms with Crippen LogP contribution < -0.4 is 4.74 Å². The van der Waals surface area contributed by atoms with Gasteiger partial charge in [0.05, 0.1) is 12.5 Å². The third-order valence-electron chi connectivity index (χ3n) is 1.66. The molecule has 0 unspecified atom stereocenters. The lowest BCUT2D eigenvalue weighted by atomic mass is 10.1. The van der Waals surface area contributed by atoms with E-state index in [1.54, 1.807) is 18.2 Å². The summed E-state index contributed by atoms with van der Waals surface area (Å²) >= 11 is 5.70. The molecule has 0 spiro atoms. The van der Waals surface area contributed by atoms with Gasteiger partial charge < -0.3 is 4.74 Å². The molecule has 3 heteroatoms. The summed E-state index contributed by atoms with van der Waals surface area (Å²) in [5.41, 5.74) is 1.48. The van der Waals surface area contributed by atoms with Crippen molar-refractivity contribution in [2.45, 2.75) is 12.8 Å². The average Bonchev–Trinajstić information content (AvgIpc) is 2.19. The third-order valence-corrected chi connectivity index (χ3v) is 1.95. The molecule has 13 heavy (non-hydrogen) atoms. The van der Waals surface area contributed by atoms with Crippen LogP contribution in [-0.4, -0.2) is 12.9 Å². The number of hydrogen-bond donors (Lipinski definition) is 0. The van der Waals surface area contributed by atoms with Crippen molar-refractivity contribution in [3.05, 3.63) is 29.3 Å². The van der Waals surface area contributed by atoms with Gasteiger partial charge in [-0.05, 0) is 25.1 Å². The third kappa shape index (κ3) is 2.46. The lowest BCUT2D eigenvalue weighted by molar-refractivity contribution is 0.112. The average molecular weight is 199 g/mol. The van der Waals surface area contributed by atoms with Crippen molar-refractivity contribution < 1.29 is 9.53 Å². The lowest BCUT2D eigenvalue weighted by Gasteiger charge is -2.07. The second-order valence-electron chi connectivity index (χ2n) is 2.55. The van der Waals surface area contributed by atoms with Gasteiger partial charge in [-0.1, -0.05) is 0 Å². The zero-order chi connectivity index (χ0) is 9.68. The summed E-state index contributed by atoms with van der Waals surface area (Å²) < 4.78 is 5.33. The summed E-state index contributed by atoms with van der Waals surface area (Å²) in [6, 6.07) is 5.23. The molecule has 0 bridgehead atoms. The Labute approximate surface area is 82.5 Å². The number of aldehydes is 1. The van der Waals surface area contributed by atoms with E-state index in [2.05, 4.69) is 0 Å². The molecule has 0 aliphatic rings. The number of rotatable bonds is 4. The molecule has 0 N–H and O–H groups in total. The SMILES string of the molecule is CCOc1ccc(C=O)cc1CCl. The maximum absolute atomic E-state index is 10.5. The Balaban J connectivity index is 3.00. The van der Waals surface area contributed by atoms with E-state index in [4.69, 9.17) is 16.3 Å². The highest BCUT2D eigenvalue weighted by molar-refractivity contribution is 6.17. The molecule has 0 aliphatic carbocycles. The number of hydrogen-bond acceptors (Lipinski definition) is 2. The van der Waals surface area contributed by atoms with Crippen LogP contribution in [-0.2, 0) is 5.88 Å². The summed E-state index contributed by atoms with van der Waals surface area (Å²) in [5.74, 6) is 1.11. The summed E-state index contributed by atoms with van der Waals surface area (Å²) in [4.78, 5) is 10.5. The molecule has 0 saturated heterocycles. The van der Waals surface area contributed by atoms with Crippen LogP contribution in [0.15, 0.2) is 18.2 Å². The van der Waals surface area contributed by atoms with E-state index < -0.39 is 0 Å². The predicted octanol–water partition coefficient (Wildman–Crippen LogP) is 2.64. The molecule has 0 saturated carbocycles. The number of ether oxygens (including phenoxy) is 1. The Kier molecular flexibility index (Phi) is 3.77. The van der Waals surface area contributed by atoms with Crippen LogP contribution in [0.1, 0.15) is 22.8 Å². The number of alkyl halides is 1. The Morgan fingerprint density at radius 3 is 2.85 bits per heavy atom. The molecule has 1 rings (SSSR count). The quantitative estimate of drug-likeness (QED) is 0.549. The van der Waals surface area contributed by atoms with Gasteiger partial charge in [-0.25, -0.2) is 0 Å². The maximum atomic E-state index is 10.5. The number of benzene rings is 1. The smallest absolute Gasteiger partial charge is 0.150 e. The van der Waals surface area contributed by atoms with E-state index in [1.807, 2.05) is 6.92 Å². The zero-order valence-corrected chi connectivity index (χ0v) is 8.17. The lowest BCUT2D eigenvalue weighted by Crippen LogP contribution is -1.96. The largest absolute Gasteiger partial charge is 0.494 e.